The van der Waals surface area contributed by atoms with E-state index in [0.29, 0.717) is 0 Å². The molecule has 0 amide bonds. The van der Waals surface area contributed by atoms with Crippen molar-refractivity contribution in [1.29, 1.82) is 0 Å². The van der Waals surface area contributed by atoms with E-state index >= 15 is 0 Å². The molecule has 0 unspecified atom stereocenters. The molecule has 158 valence electrons. The van der Waals surface area contributed by atoms with Gasteiger partial charge < -0.3 is 0 Å². The molecule has 0 aliphatic carbocycles. The second-order valence-corrected chi connectivity index (χ2v) is 8.12. The van der Waals surface area contributed by atoms with Crippen LogP contribution in [0.25, 0.3) is 28.5 Å². The van der Waals surface area contributed by atoms with Gasteiger partial charge in [0.1, 0.15) is 0 Å². The van der Waals surface area contributed by atoms with Gasteiger partial charge in [-0.3, -0.25) is 4.57 Å². The molecule has 4 aromatic rings. The van der Waals surface area contributed by atoms with Gasteiger partial charge in [-0.25, -0.2) is 0 Å². The highest BCUT2D eigenvalue weighted by Crippen LogP contribution is 2.29. The zero-order valence-corrected chi connectivity index (χ0v) is 18.6. The maximum Gasteiger partial charge on any atom is 0.168 e. The number of unbranched alkanes of at least 4 members (excludes halogenated alkanes) is 2. The molecule has 0 saturated carbocycles. The second kappa shape index (κ2) is 10.2. The van der Waals surface area contributed by atoms with E-state index in [0.717, 1.165) is 41.3 Å². The first kappa shape index (κ1) is 21.0. The molecule has 0 aliphatic rings. The van der Waals surface area contributed by atoms with Gasteiger partial charge in [-0.15, -0.1) is 10.2 Å². The van der Waals surface area contributed by atoms with Crippen LogP contribution in [0.1, 0.15) is 50.7 Å². The number of aryl methyl sites for hydroxylation is 2. The molecule has 0 bridgehead atoms. The lowest BCUT2D eigenvalue weighted by atomic mass is 10.1. The number of para-hydroxylation sites is 1. The van der Waals surface area contributed by atoms with Gasteiger partial charge in [-0.1, -0.05) is 93.4 Å². The maximum absolute atomic E-state index is 4.62. The van der Waals surface area contributed by atoms with Gasteiger partial charge in [0.25, 0.3) is 0 Å². The van der Waals surface area contributed by atoms with E-state index in [9.17, 15) is 0 Å². The third-order valence-electron chi connectivity index (χ3n) is 5.74. The zero-order valence-electron chi connectivity index (χ0n) is 18.6. The summed E-state index contributed by atoms with van der Waals surface area (Å²) in [4.78, 5) is 0. The predicted molar refractivity (Wildman–Crippen MR) is 129 cm³/mol. The van der Waals surface area contributed by atoms with Crippen molar-refractivity contribution >= 4 is 0 Å². The van der Waals surface area contributed by atoms with Crippen LogP contribution >= 0.6 is 0 Å². The molecule has 3 heteroatoms. The van der Waals surface area contributed by atoms with E-state index in [4.69, 9.17) is 0 Å². The molecular formula is C28H31N3. The Morgan fingerprint density at radius 1 is 0.581 bits per heavy atom. The van der Waals surface area contributed by atoms with Gasteiger partial charge in [0.15, 0.2) is 11.6 Å². The minimum Gasteiger partial charge on any atom is -0.275 e. The van der Waals surface area contributed by atoms with E-state index in [1.807, 2.05) is 6.07 Å². The van der Waals surface area contributed by atoms with Gasteiger partial charge in [0.05, 0.1) is 0 Å². The Hall–Kier alpha value is -3.20. The first-order valence-electron chi connectivity index (χ1n) is 11.5. The number of hydrogen-bond acceptors (Lipinski definition) is 2. The maximum atomic E-state index is 4.62. The monoisotopic (exact) mass is 409 g/mol. The predicted octanol–water partition coefficient (Wildman–Crippen LogP) is 7.29. The van der Waals surface area contributed by atoms with Gasteiger partial charge >= 0.3 is 0 Å². The molecule has 0 N–H and O–H groups in total. The third-order valence-corrected chi connectivity index (χ3v) is 5.74. The molecule has 0 spiro atoms. The second-order valence-electron chi connectivity index (χ2n) is 8.12. The minimum atomic E-state index is 0.873. The summed E-state index contributed by atoms with van der Waals surface area (Å²) in [5, 5.41) is 9.23. The Morgan fingerprint density at radius 2 is 1.03 bits per heavy atom. The minimum absolute atomic E-state index is 0.873. The van der Waals surface area contributed by atoms with Crippen LogP contribution in [-0.2, 0) is 12.8 Å². The standard InChI is InChI=1S/C28H31N3/c1-3-5-10-22-14-18-24(19-15-22)27-29-30-28(31(27)26-12-8-7-9-13-26)25-20-16-23(17-21-25)11-6-4-2/h7-9,12-21H,3-6,10-11H2,1-2H3. The highest BCUT2D eigenvalue weighted by atomic mass is 15.3. The molecule has 3 aromatic carbocycles. The smallest absolute Gasteiger partial charge is 0.168 e. The molecule has 0 saturated heterocycles. The number of benzene rings is 3. The van der Waals surface area contributed by atoms with Crippen molar-refractivity contribution in [1.82, 2.24) is 14.8 Å². The summed E-state index contributed by atoms with van der Waals surface area (Å²) in [5.41, 5.74) is 5.99. The van der Waals surface area contributed by atoms with Crippen LogP contribution in [0, 0.1) is 0 Å². The van der Waals surface area contributed by atoms with Gasteiger partial charge in [0.2, 0.25) is 0 Å². The first-order valence-corrected chi connectivity index (χ1v) is 11.5. The Morgan fingerprint density at radius 3 is 1.45 bits per heavy atom. The van der Waals surface area contributed by atoms with Crippen molar-refractivity contribution in [3.8, 4) is 28.5 Å². The average Bonchev–Trinajstić information content (AvgIpc) is 3.28. The molecule has 3 nitrogen and oxygen atoms in total. The number of hydrogen-bond donors (Lipinski definition) is 0. The molecule has 31 heavy (non-hydrogen) atoms. The van der Waals surface area contributed by atoms with Crippen LogP contribution in [0.2, 0.25) is 0 Å². The van der Waals surface area contributed by atoms with Crippen LogP contribution in [0.5, 0.6) is 0 Å². The van der Waals surface area contributed by atoms with E-state index in [-0.39, 0.29) is 0 Å². The Bertz CT molecular complexity index is 1010. The van der Waals surface area contributed by atoms with Crippen LogP contribution in [0.3, 0.4) is 0 Å². The summed E-state index contributed by atoms with van der Waals surface area (Å²) >= 11 is 0. The molecule has 1 heterocycles. The number of nitrogens with zero attached hydrogens (tertiary/aromatic N) is 3. The molecule has 0 radical (unpaired) electrons. The lowest BCUT2D eigenvalue weighted by Crippen LogP contribution is -2.00. The summed E-state index contributed by atoms with van der Waals surface area (Å²) in [6, 6.07) is 28.0. The van der Waals surface area contributed by atoms with E-state index < -0.39 is 0 Å². The van der Waals surface area contributed by atoms with Crippen molar-refractivity contribution in [2.24, 2.45) is 0 Å². The quantitative estimate of drug-likeness (QED) is 0.291. The Kier molecular flexibility index (Phi) is 6.93. The summed E-state index contributed by atoms with van der Waals surface area (Å²) in [5.74, 6) is 1.75. The largest absolute Gasteiger partial charge is 0.275 e. The van der Waals surface area contributed by atoms with Crippen molar-refractivity contribution in [3.63, 3.8) is 0 Å². The highest BCUT2D eigenvalue weighted by molar-refractivity contribution is 5.67. The van der Waals surface area contributed by atoms with Crippen LogP contribution in [0.4, 0.5) is 0 Å². The summed E-state index contributed by atoms with van der Waals surface area (Å²) in [6.07, 6.45) is 7.11. The third kappa shape index (κ3) is 4.93. The number of rotatable bonds is 9. The molecule has 0 aliphatic heterocycles. The van der Waals surface area contributed by atoms with Gasteiger partial charge in [-0.05, 0) is 48.9 Å². The van der Waals surface area contributed by atoms with E-state index in [1.165, 1.54) is 36.8 Å². The van der Waals surface area contributed by atoms with E-state index in [1.54, 1.807) is 0 Å². The normalized spacial score (nSPS) is 11.0. The van der Waals surface area contributed by atoms with Crippen LogP contribution < -0.4 is 0 Å². The van der Waals surface area contributed by atoms with Gasteiger partial charge in [0, 0.05) is 16.8 Å². The summed E-state index contributed by atoms with van der Waals surface area (Å²) in [6.45, 7) is 4.46. The van der Waals surface area contributed by atoms with Crippen molar-refractivity contribution in [2.75, 3.05) is 0 Å². The molecular weight excluding hydrogens is 378 g/mol. The molecule has 4 rings (SSSR count). The first-order chi connectivity index (χ1) is 15.3. The van der Waals surface area contributed by atoms with Crippen LogP contribution in [-0.4, -0.2) is 14.8 Å². The van der Waals surface area contributed by atoms with Crippen molar-refractivity contribution in [3.05, 3.63) is 90.0 Å². The SMILES string of the molecule is CCCCc1ccc(-c2nnc(-c3ccc(CCCC)cc3)n2-c2ccccc2)cc1. The van der Waals surface area contributed by atoms with E-state index in [2.05, 4.69) is 101 Å². The fourth-order valence-electron chi connectivity index (χ4n) is 3.88. The van der Waals surface area contributed by atoms with Crippen molar-refractivity contribution < 1.29 is 0 Å². The summed E-state index contributed by atoms with van der Waals surface area (Å²) in [7, 11) is 0. The topological polar surface area (TPSA) is 30.7 Å². The zero-order chi connectivity index (χ0) is 21.5. The molecule has 0 atom stereocenters. The highest BCUT2D eigenvalue weighted by Gasteiger charge is 2.17. The summed E-state index contributed by atoms with van der Waals surface area (Å²) < 4.78 is 2.17. The molecule has 1 aromatic heterocycles. The lowest BCUT2D eigenvalue weighted by Gasteiger charge is -2.11. The van der Waals surface area contributed by atoms with Crippen LogP contribution in [0.15, 0.2) is 78.9 Å². The Balaban J connectivity index is 1.73. The lowest BCUT2D eigenvalue weighted by molar-refractivity contribution is 0.795. The Labute approximate surface area is 185 Å². The van der Waals surface area contributed by atoms with Gasteiger partial charge in [-0.2, -0.15) is 0 Å². The molecule has 0 fully saturated rings. The number of aromatic nitrogens is 3. The fourth-order valence-corrected chi connectivity index (χ4v) is 3.88. The van der Waals surface area contributed by atoms with Crippen molar-refractivity contribution in [2.45, 2.75) is 52.4 Å². The average molecular weight is 410 g/mol. The fraction of sp³-hybridized carbons (Fsp3) is 0.286.